The molecule has 1 heterocycles. The van der Waals surface area contributed by atoms with Crippen LogP contribution in [0.3, 0.4) is 0 Å². The van der Waals surface area contributed by atoms with Gasteiger partial charge in [-0.2, -0.15) is 0 Å². The van der Waals surface area contributed by atoms with E-state index in [1.165, 1.54) is 4.90 Å². The highest BCUT2D eigenvalue weighted by Gasteiger charge is 2.36. The molecule has 21 heavy (non-hydrogen) atoms. The minimum atomic E-state index is -0.813. The zero-order valence-corrected chi connectivity index (χ0v) is 12.4. The fourth-order valence-corrected chi connectivity index (χ4v) is 2.11. The van der Waals surface area contributed by atoms with E-state index < -0.39 is 29.9 Å². The van der Waals surface area contributed by atoms with Gasteiger partial charge in [-0.05, 0) is 38.1 Å². The summed E-state index contributed by atoms with van der Waals surface area (Å²) in [6.07, 6.45) is -0.813. The van der Waals surface area contributed by atoms with Crippen LogP contribution < -0.4 is 10.1 Å². The van der Waals surface area contributed by atoms with Crippen molar-refractivity contribution >= 4 is 29.3 Å². The molecule has 1 aliphatic rings. The molecule has 1 aromatic carbocycles. The first-order valence-electron chi connectivity index (χ1n) is 6.45. The van der Waals surface area contributed by atoms with E-state index in [0.29, 0.717) is 10.8 Å². The number of hydrogen-bond acceptors (Lipinski definition) is 4. The minimum Gasteiger partial charge on any atom is -0.481 e. The average molecular weight is 311 g/mol. The fourth-order valence-electron chi connectivity index (χ4n) is 1.98. The van der Waals surface area contributed by atoms with E-state index in [1.54, 1.807) is 38.1 Å². The molecule has 2 rings (SSSR count). The number of carbonyl (C=O) groups is 3. The van der Waals surface area contributed by atoms with Gasteiger partial charge in [0, 0.05) is 5.02 Å². The van der Waals surface area contributed by atoms with Crippen molar-refractivity contribution in [3.05, 3.63) is 29.3 Å². The van der Waals surface area contributed by atoms with E-state index in [-0.39, 0.29) is 6.54 Å². The number of imide groups is 1. The number of halogens is 1. The topological polar surface area (TPSA) is 75.7 Å². The minimum absolute atomic E-state index is 0.153. The summed E-state index contributed by atoms with van der Waals surface area (Å²) in [5, 5.41) is 2.74. The predicted octanol–water partition coefficient (Wildman–Crippen LogP) is 0.981. The Hall–Kier alpha value is -2.08. The van der Waals surface area contributed by atoms with Crippen LogP contribution in [0.5, 0.6) is 5.75 Å². The van der Waals surface area contributed by atoms with Crippen molar-refractivity contribution in [3.8, 4) is 5.75 Å². The smallest absolute Gasteiger partial charge is 0.264 e. The molecule has 1 aliphatic heterocycles. The van der Waals surface area contributed by atoms with Gasteiger partial charge in [0.25, 0.3) is 5.91 Å². The molecule has 3 amide bonds. The third kappa shape index (κ3) is 3.52. The Morgan fingerprint density at radius 3 is 2.62 bits per heavy atom. The van der Waals surface area contributed by atoms with Gasteiger partial charge in [-0.25, -0.2) is 0 Å². The van der Waals surface area contributed by atoms with Crippen LogP contribution in [0.15, 0.2) is 24.3 Å². The van der Waals surface area contributed by atoms with Crippen LogP contribution in [0.4, 0.5) is 0 Å². The number of hydrogen-bond donors (Lipinski definition) is 1. The van der Waals surface area contributed by atoms with E-state index >= 15 is 0 Å². The Morgan fingerprint density at radius 2 is 2.00 bits per heavy atom. The second-order valence-corrected chi connectivity index (χ2v) is 5.20. The Labute approximate surface area is 127 Å². The molecule has 1 fully saturated rings. The molecule has 0 spiro atoms. The van der Waals surface area contributed by atoms with Gasteiger partial charge in [-0.3, -0.25) is 19.7 Å². The van der Waals surface area contributed by atoms with E-state index in [0.717, 1.165) is 0 Å². The van der Waals surface area contributed by atoms with Gasteiger partial charge in [0.2, 0.25) is 11.8 Å². The van der Waals surface area contributed by atoms with Crippen molar-refractivity contribution in [2.45, 2.75) is 26.0 Å². The number of rotatable bonds is 3. The lowest BCUT2D eigenvalue weighted by molar-refractivity contribution is -0.152. The number of benzene rings is 1. The highest BCUT2D eigenvalue weighted by atomic mass is 35.5. The second-order valence-electron chi connectivity index (χ2n) is 4.77. The van der Waals surface area contributed by atoms with Gasteiger partial charge in [0.05, 0.1) is 0 Å². The molecule has 1 aromatic rings. The number of carbonyl (C=O) groups excluding carboxylic acids is 3. The quantitative estimate of drug-likeness (QED) is 0.845. The highest BCUT2D eigenvalue weighted by Crippen LogP contribution is 2.18. The lowest BCUT2D eigenvalue weighted by atomic mass is 10.1. The molecule has 1 N–H and O–H groups in total. The Bertz CT molecular complexity index is 573. The Kier molecular flexibility index (Phi) is 4.47. The lowest BCUT2D eigenvalue weighted by Crippen LogP contribution is -2.60. The van der Waals surface area contributed by atoms with Gasteiger partial charge < -0.3 is 9.64 Å². The van der Waals surface area contributed by atoms with Gasteiger partial charge >= 0.3 is 0 Å². The molecule has 0 bridgehead atoms. The van der Waals surface area contributed by atoms with Crippen molar-refractivity contribution in [2.24, 2.45) is 0 Å². The third-order valence-electron chi connectivity index (χ3n) is 3.18. The maximum absolute atomic E-state index is 12.3. The summed E-state index contributed by atoms with van der Waals surface area (Å²) in [7, 11) is 0. The van der Waals surface area contributed by atoms with E-state index in [4.69, 9.17) is 16.3 Å². The maximum atomic E-state index is 12.3. The first-order chi connectivity index (χ1) is 9.88. The first-order valence-corrected chi connectivity index (χ1v) is 6.82. The molecule has 7 heteroatoms. The molecule has 0 aromatic heterocycles. The standard InChI is InChI=1S/C14H15ClN2O4/c1-8-13(19)16-12(18)7-17(8)14(20)9(2)21-11-5-3-10(15)4-6-11/h3-6,8-9H,7H2,1-2H3,(H,16,18,19). The molecule has 0 aliphatic carbocycles. The van der Waals surface area contributed by atoms with Crippen LogP contribution in [-0.4, -0.2) is 41.3 Å². The van der Waals surface area contributed by atoms with Crippen LogP contribution in [0, 0.1) is 0 Å². The van der Waals surface area contributed by atoms with Gasteiger partial charge in [-0.15, -0.1) is 0 Å². The van der Waals surface area contributed by atoms with Crippen LogP contribution in [0.25, 0.3) is 0 Å². The number of amides is 3. The van der Waals surface area contributed by atoms with Gasteiger partial charge in [0.15, 0.2) is 6.10 Å². The molecular weight excluding hydrogens is 296 g/mol. The molecule has 2 unspecified atom stereocenters. The summed E-state index contributed by atoms with van der Waals surface area (Å²) < 4.78 is 5.51. The summed E-state index contributed by atoms with van der Waals surface area (Å²) >= 11 is 5.77. The normalized spacial score (nSPS) is 20.0. The molecule has 0 radical (unpaired) electrons. The Balaban J connectivity index is 2.06. The molecule has 0 saturated carbocycles. The third-order valence-corrected chi connectivity index (χ3v) is 3.43. The fraction of sp³-hybridized carbons (Fsp3) is 0.357. The van der Waals surface area contributed by atoms with Crippen molar-refractivity contribution in [1.29, 1.82) is 0 Å². The van der Waals surface area contributed by atoms with E-state index in [1.807, 2.05) is 0 Å². The molecule has 1 saturated heterocycles. The van der Waals surface area contributed by atoms with Gasteiger partial charge in [0.1, 0.15) is 18.3 Å². The highest BCUT2D eigenvalue weighted by molar-refractivity contribution is 6.30. The monoisotopic (exact) mass is 310 g/mol. The SMILES string of the molecule is CC(Oc1ccc(Cl)cc1)C(=O)N1CC(=O)NC(=O)C1C. The zero-order valence-electron chi connectivity index (χ0n) is 11.6. The average Bonchev–Trinajstić information content (AvgIpc) is 2.44. The summed E-state index contributed by atoms with van der Waals surface area (Å²) in [5.41, 5.74) is 0. The van der Waals surface area contributed by atoms with Crippen molar-refractivity contribution in [2.75, 3.05) is 6.54 Å². The van der Waals surface area contributed by atoms with Crippen LogP contribution >= 0.6 is 11.6 Å². The van der Waals surface area contributed by atoms with Crippen molar-refractivity contribution < 1.29 is 19.1 Å². The van der Waals surface area contributed by atoms with Crippen LogP contribution in [-0.2, 0) is 14.4 Å². The summed E-state index contributed by atoms with van der Waals surface area (Å²) in [6, 6.07) is 5.88. The zero-order chi connectivity index (χ0) is 15.6. The van der Waals surface area contributed by atoms with Crippen LogP contribution in [0.1, 0.15) is 13.8 Å². The largest absolute Gasteiger partial charge is 0.481 e. The second kappa shape index (κ2) is 6.13. The molecule has 2 atom stereocenters. The number of ether oxygens (including phenoxy) is 1. The Morgan fingerprint density at radius 1 is 1.38 bits per heavy atom. The van der Waals surface area contributed by atoms with Crippen LogP contribution in [0.2, 0.25) is 5.02 Å². The predicted molar refractivity (Wildman–Crippen MR) is 75.9 cm³/mol. The summed E-state index contributed by atoms with van der Waals surface area (Å²) in [5.74, 6) is -0.912. The van der Waals surface area contributed by atoms with Gasteiger partial charge in [-0.1, -0.05) is 11.6 Å². The number of nitrogens with zero attached hydrogens (tertiary/aromatic N) is 1. The van der Waals surface area contributed by atoms with E-state index in [9.17, 15) is 14.4 Å². The lowest BCUT2D eigenvalue weighted by Gasteiger charge is -2.33. The van der Waals surface area contributed by atoms with E-state index in [2.05, 4.69) is 5.32 Å². The number of piperazine rings is 1. The molecule has 112 valence electrons. The maximum Gasteiger partial charge on any atom is 0.264 e. The molecule has 6 nitrogen and oxygen atoms in total. The first kappa shape index (κ1) is 15.3. The summed E-state index contributed by atoms with van der Waals surface area (Å²) in [4.78, 5) is 36.5. The van der Waals surface area contributed by atoms with Crippen molar-refractivity contribution in [3.63, 3.8) is 0 Å². The molecular formula is C14H15ClN2O4. The number of nitrogens with one attached hydrogen (secondary N) is 1. The summed E-state index contributed by atoms with van der Waals surface area (Å²) in [6.45, 7) is 2.98. The van der Waals surface area contributed by atoms with Crippen molar-refractivity contribution in [1.82, 2.24) is 10.2 Å².